The fourth-order valence-corrected chi connectivity index (χ4v) is 3.15. The lowest BCUT2D eigenvalue weighted by molar-refractivity contribution is 0.925. The second kappa shape index (κ2) is 6.10. The average Bonchev–Trinajstić information content (AvgIpc) is 2.71. The van der Waals surface area contributed by atoms with E-state index in [-0.39, 0.29) is 0 Å². The van der Waals surface area contributed by atoms with Gasteiger partial charge in [-0.2, -0.15) is 0 Å². The molecule has 2 aromatic rings. The van der Waals surface area contributed by atoms with E-state index in [1.165, 1.54) is 11.8 Å². The summed E-state index contributed by atoms with van der Waals surface area (Å²) in [5.41, 5.74) is 0. The fourth-order valence-electron chi connectivity index (χ4n) is 1.35. The lowest BCUT2D eigenvalue weighted by Crippen LogP contribution is -2.04. The summed E-state index contributed by atoms with van der Waals surface area (Å²) < 4.78 is 0.909. The molecule has 2 rings (SSSR count). The number of anilines is 1. The zero-order valence-electron chi connectivity index (χ0n) is 10.6. The van der Waals surface area contributed by atoms with Crippen LogP contribution in [0, 0.1) is 13.8 Å². The molecule has 1 N–H and O–H groups in total. The van der Waals surface area contributed by atoms with Gasteiger partial charge in [-0.25, -0.2) is 9.97 Å². The van der Waals surface area contributed by atoms with Crippen LogP contribution < -0.4 is 5.32 Å². The van der Waals surface area contributed by atoms with E-state index in [0.717, 1.165) is 39.0 Å². The molecule has 0 saturated heterocycles. The van der Waals surface area contributed by atoms with Crippen molar-refractivity contribution in [3.8, 4) is 0 Å². The Morgan fingerprint density at radius 3 is 2.78 bits per heavy atom. The lowest BCUT2D eigenvalue weighted by atomic mass is 10.4. The maximum Gasteiger partial charge on any atom is 0.180 e. The summed E-state index contributed by atoms with van der Waals surface area (Å²) in [5, 5.41) is 13.2. The van der Waals surface area contributed by atoms with Crippen LogP contribution in [0.3, 0.4) is 0 Å². The second-order valence-electron chi connectivity index (χ2n) is 3.75. The number of nitrogens with one attached hydrogen (secondary N) is 1. The van der Waals surface area contributed by atoms with E-state index in [2.05, 4.69) is 32.4 Å². The van der Waals surface area contributed by atoms with Crippen molar-refractivity contribution in [2.24, 2.45) is 0 Å². The molecular formula is C11H15N5S2. The van der Waals surface area contributed by atoms with Crippen molar-refractivity contribution in [3.63, 3.8) is 0 Å². The molecule has 18 heavy (non-hydrogen) atoms. The van der Waals surface area contributed by atoms with Gasteiger partial charge in [0, 0.05) is 12.6 Å². The van der Waals surface area contributed by atoms with E-state index in [9.17, 15) is 0 Å². The van der Waals surface area contributed by atoms with Gasteiger partial charge in [0.1, 0.15) is 21.7 Å². The Bertz CT molecular complexity index is 526. The van der Waals surface area contributed by atoms with Gasteiger partial charge in [-0.3, -0.25) is 0 Å². The zero-order chi connectivity index (χ0) is 13.0. The molecule has 0 fully saturated rings. The predicted molar refractivity (Wildman–Crippen MR) is 74.3 cm³/mol. The first-order chi connectivity index (χ1) is 8.67. The number of nitrogens with zero attached hydrogens (tertiary/aromatic N) is 4. The minimum absolute atomic E-state index is 0.764. The summed E-state index contributed by atoms with van der Waals surface area (Å²) in [5.74, 6) is 1.63. The molecule has 0 spiro atoms. The van der Waals surface area contributed by atoms with Gasteiger partial charge in [0.05, 0.1) is 0 Å². The maximum absolute atomic E-state index is 4.40. The fraction of sp³-hybridized carbons (Fsp3) is 0.455. The number of hydrogen-bond donors (Lipinski definition) is 1. The molecule has 0 aromatic carbocycles. The topological polar surface area (TPSA) is 63.6 Å². The van der Waals surface area contributed by atoms with Gasteiger partial charge in [0.2, 0.25) is 0 Å². The van der Waals surface area contributed by atoms with E-state index >= 15 is 0 Å². The van der Waals surface area contributed by atoms with Gasteiger partial charge in [0.15, 0.2) is 4.34 Å². The first-order valence-electron chi connectivity index (χ1n) is 5.75. The molecular weight excluding hydrogens is 266 g/mol. The first kappa shape index (κ1) is 13.2. The second-order valence-corrected chi connectivity index (χ2v) is 6.20. The van der Waals surface area contributed by atoms with E-state index in [1.54, 1.807) is 11.3 Å². The normalized spacial score (nSPS) is 10.6. The Morgan fingerprint density at radius 2 is 2.11 bits per heavy atom. The first-order valence-corrected chi connectivity index (χ1v) is 7.38. The van der Waals surface area contributed by atoms with Crippen LogP contribution >= 0.6 is 23.1 Å². The molecule has 5 nitrogen and oxygen atoms in total. The van der Waals surface area contributed by atoms with E-state index in [4.69, 9.17) is 0 Å². The minimum Gasteiger partial charge on any atom is -0.370 e. The third kappa shape index (κ3) is 3.64. The number of aromatic nitrogens is 4. The van der Waals surface area contributed by atoms with Gasteiger partial charge in [-0.15, -0.1) is 10.2 Å². The highest BCUT2D eigenvalue weighted by Gasteiger charge is 2.07. The molecule has 2 aromatic heterocycles. The van der Waals surface area contributed by atoms with Crippen LogP contribution in [0.25, 0.3) is 0 Å². The molecule has 2 heterocycles. The Hall–Kier alpha value is -1.21. The number of rotatable bonds is 5. The molecule has 0 aliphatic heterocycles. The lowest BCUT2D eigenvalue weighted by Gasteiger charge is -2.06. The molecule has 7 heteroatoms. The molecule has 0 bridgehead atoms. The zero-order valence-corrected chi connectivity index (χ0v) is 12.2. The van der Waals surface area contributed by atoms with Gasteiger partial charge in [-0.1, -0.05) is 18.3 Å². The Kier molecular flexibility index (Phi) is 4.48. The van der Waals surface area contributed by atoms with Crippen LogP contribution in [-0.4, -0.2) is 26.7 Å². The number of hydrogen-bond acceptors (Lipinski definition) is 7. The van der Waals surface area contributed by atoms with Crippen molar-refractivity contribution in [2.75, 3.05) is 11.9 Å². The Labute approximate surface area is 114 Å². The molecule has 0 saturated carbocycles. The van der Waals surface area contributed by atoms with Crippen LogP contribution in [0.4, 0.5) is 5.82 Å². The largest absolute Gasteiger partial charge is 0.370 e. The van der Waals surface area contributed by atoms with Crippen molar-refractivity contribution >= 4 is 28.9 Å². The summed E-state index contributed by atoms with van der Waals surface area (Å²) in [6.07, 6.45) is 1.07. The SMILES string of the molecule is CCCNc1cc(Sc2nnc(C)s2)nc(C)n1. The average molecular weight is 281 g/mol. The van der Waals surface area contributed by atoms with E-state index < -0.39 is 0 Å². The summed E-state index contributed by atoms with van der Waals surface area (Å²) in [4.78, 5) is 8.75. The molecule has 96 valence electrons. The van der Waals surface area contributed by atoms with Gasteiger partial charge in [-0.05, 0) is 32.0 Å². The van der Waals surface area contributed by atoms with Gasteiger partial charge < -0.3 is 5.32 Å². The molecule has 0 unspecified atom stereocenters. The highest BCUT2D eigenvalue weighted by molar-refractivity contribution is 8.01. The Morgan fingerprint density at radius 1 is 1.28 bits per heavy atom. The van der Waals surface area contributed by atoms with Crippen molar-refractivity contribution in [2.45, 2.75) is 36.6 Å². The van der Waals surface area contributed by atoms with Crippen LogP contribution in [0.1, 0.15) is 24.2 Å². The highest BCUT2D eigenvalue weighted by atomic mass is 32.2. The van der Waals surface area contributed by atoms with Crippen molar-refractivity contribution in [1.29, 1.82) is 0 Å². The number of aryl methyl sites for hydroxylation is 2. The monoisotopic (exact) mass is 281 g/mol. The van der Waals surface area contributed by atoms with E-state index in [1.807, 2.05) is 19.9 Å². The molecule has 0 aliphatic carbocycles. The van der Waals surface area contributed by atoms with Crippen LogP contribution in [0.5, 0.6) is 0 Å². The third-order valence-corrected chi connectivity index (χ3v) is 3.88. The van der Waals surface area contributed by atoms with Crippen LogP contribution in [0.2, 0.25) is 0 Å². The third-order valence-electron chi connectivity index (χ3n) is 2.07. The van der Waals surface area contributed by atoms with E-state index in [0.29, 0.717) is 0 Å². The standard InChI is InChI=1S/C11H15N5S2/c1-4-5-12-9-6-10(14-7(2)13-9)18-11-16-15-8(3)17-11/h6H,4-5H2,1-3H3,(H,12,13,14). The van der Waals surface area contributed by atoms with Gasteiger partial charge in [0.25, 0.3) is 0 Å². The molecule has 0 aliphatic rings. The molecule has 0 radical (unpaired) electrons. The summed E-state index contributed by atoms with van der Waals surface area (Å²) >= 11 is 3.10. The maximum atomic E-state index is 4.40. The minimum atomic E-state index is 0.764. The van der Waals surface area contributed by atoms with Crippen LogP contribution in [-0.2, 0) is 0 Å². The van der Waals surface area contributed by atoms with Crippen LogP contribution in [0.15, 0.2) is 15.4 Å². The summed E-state index contributed by atoms with van der Waals surface area (Å²) in [7, 11) is 0. The van der Waals surface area contributed by atoms with Crippen molar-refractivity contribution in [1.82, 2.24) is 20.2 Å². The van der Waals surface area contributed by atoms with Crippen molar-refractivity contribution in [3.05, 3.63) is 16.9 Å². The van der Waals surface area contributed by atoms with Gasteiger partial charge >= 0.3 is 0 Å². The highest BCUT2D eigenvalue weighted by Crippen LogP contribution is 2.29. The summed E-state index contributed by atoms with van der Waals surface area (Å²) in [6.45, 7) is 6.88. The summed E-state index contributed by atoms with van der Waals surface area (Å²) in [6, 6.07) is 1.95. The smallest absolute Gasteiger partial charge is 0.180 e. The quantitative estimate of drug-likeness (QED) is 0.850. The Balaban J connectivity index is 2.14. The predicted octanol–water partition coefficient (Wildman–Crippen LogP) is 2.92. The molecule has 0 amide bonds. The van der Waals surface area contributed by atoms with Crippen molar-refractivity contribution < 1.29 is 0 Å². The molecule has 0 atom stereocenters.